The molecule has 6 nitrogen and oxygen atoms in total. The van der Waals surface area contributed by atoms with E-state index in [1.54, 1.807) is 0 Å². The van der Waals surface area contributed by atoms with Crippen LogP contribution in [0, 0.1) is 6.92 Å². The zero-order valence-corrected chi connectivity index (χ0v) is 15.6. The van der Waals surface area contributed by atoms with Gasteiger partial charge >= 0.3 is 17.9 Å². The van der Waals surface area contributed by atoms with Crippen LogP contribution < -0.4 is 0 Å². The van der Waals surface area contributed by atoms with Crippen molar-refractivity contribution in [1.82, 2.24) is 0 Å². The highest BCUT2D eigenvalue weighted by molar-refractivity contribution is 6.06. The molecule has 1 aliphatic heterocycles. The van der Waals surface area contributed by atoms with Crippen LogP contribution in [0.2, 0.25) is 0 Å². The van der Waals surface area contributed by atoms with E-state index in [1.165, 1.54) is 7.11 Å². The van der Waals surface area contributed by atoms with E-state index in [0.29, 0.717) is 30.4 Å². The quantitative estimate of drug-likeness (QED) is 0.592. The lowest BCUT2D eigenvalue weighted by molar-refractivity contribution is -0.140. The molecule has 0 saturated heterocycles. The Bertz CT molecular complexity index is 788. The molecule has 0 aliphatic carbocycles. The van der Waals surface area contributed by atoms with Gasteiger partial charge in [0, 0.05) is 12.0 Å². The van der Waals surface area contributed by atoms with Gasteiger partial charge in [0.25, 0.3) is 0 Å². The molecule has 1 N–H and O–H groups in total. The van der Waals surface area contributed by atoms with Crippen LogP contribution in [0.5, 0.6) is 0 Å². The summed E-state index contributed by atoms with van der Waals surface area (Å²) in [7, 11) is 1.35. The SMILES string of the molecule is CCc1c(C)c2c(c(C(=O)O)c1C/C=C(\C)CCC(=O)OC)C(=O)OC2. The van der Waals surface area contributed by atoms with E-state index in [2.05, 4.69) is 4.74 Å². The first kappa shape index (κ1) is 19.7. The molecule has 0 amide bonds. The fraction of sp³-hybridized carbons (Fsp3) is 0.450. The third kappa shape index (κ3) is 3.79. The predicted molar refractivity (Wildman–Crippen MR) is 95.3 cm³/mol. The maximum absolute atomic E-state index is 12.1. The fourth-order valence-corrected chi connectivity index (χ4v) is 3.38. The van der Waals surface area contributed by atoms with Crippen LogP contribution in [0.1, 0.15) is 69.7 Å². The Morgan fingerprint density at radius 1 is 1.27 bits per heavy atom. The average Bonchev–Trinajstić information content (AvgIpc) is 2.99. The summed E-state index contributed by atoms with van der Waals surface area (Å²) in [6.45, 7) is 5.89. The Balaban J connectivity index is 2.46. The number of allylic oxidation sites excluding steroid dienone is 2. The second-order valence-corrected chi connectivity index (χ2v) is 6.38. The van der Waals surface area contributed by atoms with Crippen molar-refractivity contribution >= 4 is 17.9 Å². The molecule has 0 radical (unpaired) electrons. The molecule has 0 aromatic heterocycles. The normalized spacial score (nSPS) is 13.4. The van der Waals surface area contributed by atoms with Crippen molar-refractivity contribution in [2.24, 2.45) is 0 Å². The van der Waals surface area contributed by atoms with E-state index in [9.17, 15) is 19.5 Å². The number of cyclic esters (lactones) is 1. The number of aromatic carboxylic acids is 1. The van der Waals surface area contributed by atoms with Crippen LogP contribution in [0.3, 0.4) is 0 Å². The van der Waals surface area contributed by atoms with Crippen molar-refractivity contribution in [3.8, 4) is 0 Å². The van der Waals surface area contributed by atoms with Crippen molar-refractivity contribution in [2.75, 3.05) is 7.11 Å². The number of esters is 2. The Hall–Kier alpha value is -2.63. The molecule has 6 heteroatoms. The van der Waals surface area contributed by atoms with Gasteiger partial charge in [-0.05, 0) is 49.8 Å². The molecule has 1 heterocycles. The Morgan fingerprint density at radius 2 is 1.96 bits per heavy atom. The first-order chi connectivity index (χ1) is 12.3. The first-order valence-electron chi connectivity index (χ1n) is 8.61. The molecule has 2 rings (SSSR count). The van der Waals surface area contributed by atoms with Crippen molar-refractivity contribution < 1.29 is 29.0 Å². The second-order valence-electron chi connectivity index (χ2n) is 6.38. The van der Waals surface area contributed by atoms with Gasteiger partial charge in [-0.15, -0.1) is 0 Å². The molecule has 0 unspecified atom stereocenters. The van der Waals surface area contributed by atoms with Crippen molar-refractivity contribution in [2.45, 2.75) is 53.1 Å². The number of ether oxygens (including phenoxy) is 2. The van der Waals surface area contributed by atoms with Crippen molar-refractivity contribution in [3.05, 3.63) is 45.0 Å². The van der Waals surface area contributed by atoms with Gasteiger partial charge in [0.05, 0.1) is 18.2 Å². The Kier molecular flexibility index (Phi) is 6.18. The van der Waals surface area contributed by atoms with Crippen LogP contribution in [0.4, 0.5) is 0 Å². The van der Waals surface area contributed by atoms with Gasteiger partial charge < -0.3 is 14.6 Å². The zero-order valence-electron chi connectivity index (χ0n) is 15.6. The second kappa shape index (κ2) is 8.17. The minimum atomic E-state index is -1.12. The number of carbonyl (C=O) groups is 3. The molecule has 0 atom stereocenters. The summed E-state index contributed by atoms with van der Waals surface area (Å²) < 4.78 is 9.72. The summed E-state index contributed by atoms with van der Waals surface area (Å²) in [5.74, 6) is -1.98. The van der Waals surface area contributed by atoms with Crippen LogP contribution in [0.15, 0.2) is 11.6 Å². The largest absolute Gasteiger partial charge is 0.478 e. The van der Waals surface area contributed by atoms with Gasteiger partial charge in [-0.3, -0.25) is 4.79 Å². The zero-order chi connectivity index (χ0) is 19.4. The summed E-state index contributed by atoms with van der Waals surface area (Å²) in [5, 5.41) is 9.74. The van der Waals surface area contributed by atoms with Gasteiger partial charge in [-0.2, -0.15) is 0 Å². The minimum absolute atomic E-state index is 0.0435. The number of carboxylic acid groups (broad SMARTS) is 1. The minimum Gasteiger partial charge on any atom is -0.478 e. The molecule has 1 aromatic carbocycles. The highest BCUT2D eigenvalue weighted by Crippen LogP contribution is 2.34. The number of carbonyl (C=O) groups excluding carboxylic acids is 2. The third-order valence-electron chi connectivity index (χ3n) is 4.85. The van der Waals surface area contributed by atoms with E-state index in [0.717, 1.165) is 16.7 Å². The summed E-state index contributed by atoms with van der Waals surface area (Å²) in [6.07, 6.45) is 3.79. The number of hydrogen-bond donors (Lipinski definition) is 1. The summed E-state index contributed by atoms with van der Waals surface area (Å²) in [6, 6.07) is 0. The van der Waals surface area contributed by atoms with Gasteiger partial charge in [-0.25, -0.2) is 9.59 Å². The van der Waals surface area contributed by atoms with Crippen LogP contribution in [-0.4, -0.2) is 30.1 Å². The maximum Gasteiger partial charge on any atom is 0.339 e. The summed E-state index contributed by atoms with van der Waals surface area (Å²) in [4.78, 5) is 35.3. The van der Waals surface area contributed by atoms with E-state index in [-0.39, 0.29) is 30.1 Å². The first-order valence-corrected chi connectivity index (χ1v) is 8.61. The molecular weight excluding hydrogens is 336 g/mol. The number of methoxy groups -OCH3 is 1. The number of rotatable bonds is 7. The molecule has 1 aromatic rings. The monoisotopic (exact) mass is 360 g/mol. The van der Waals surface area contributed by atoms with E-state index >= 15 is 0 Å². The molecule has 26 heavy (non-hydrogen) atoms. The Labute approximate surface area is 152 Å². The van der Waals surface area contributed by atoms with Crippen LogP contribution in [0.25, 0.3) is 0 Å². The molecule has 140 valence electrons. The smallest absolute Gasteiger partial charge is 0.339 e. The molecule has 0 bridgehead atoms. The molecule has 0 fully saturated rings. The lowest BCUT2D eigenvalue weighted by Crippen LogP contribution is -2.14. The molecular formula is C20H24O6. The molecule has 1 aliphatic rings. The number of hydrogen-bond acceptors (Lipinski definition) is 5. The topological polar surface area (TPSA) is 89.9 Å². The van der Waals surface area contributed by atoms with E-state index < -0.39 is 11.9 Å². The standard InChI is InChI=1S/C20H24O6/c1-5-13-12(3)15-10-26-20(24)18(15)17(19(22)23)14(13)8-6-11(2)7-9-16(21)25-4/h6H,5,7-10H2,1-4H3,(H,22,23)/b11-6+. The third-order valence-corrected chi connectivity index (χ3v) is 4.85. The Morgan fingerprint density at radius 3 is 2.54 bits per heavy atom. The fourth-order valence-electron chi connectivity index (χ4n) is 3.38. The van der Waals surface area contributed by atoms with E-state index in [1.807, 2.05) is 26.8 Å². The van der Waals surface area contributed by atoms with Crippen LogP contribution in [-0.2, 0) is 33.7 Å². The average molecular weight is 360 g/mol. The molecule has 0 spiro atoms. The van der Waals surface area contributed by atoms with Crippen LogP contribution >= 0.6 is 0 Å². The van der Waals surface area contributed by atoms with Gasteiger partial charge in [0.1, 0.15) is 6.61 Å². The number of carboxylic acids is 1. The van der Waals surface area contributed by atoms with Gasteiger partial charge in [0.15, 0.2) is 0 Å². The predicted octanol–water partition coefficient (Wildman–Crippen LogP) is 3.37. The van der Waals surface area contributed by atoms with Crippen molar-refractivity contribution in [1.29, 1.82) is 0 Å². The van der Waals surface area contributed by atoms with Gasteiger partial charge in [-0.1, -0.05) is 18.6 Å². The lowest BCUT2D eigenvalue weighted by atomic mass is 9.85. The van der Waals surface area contributed by atoms with E-state index in [4.69, 9.17) is 4.74 Å². The van der Waals surface area contributed by atoms with Gasteiger partial charge in [0.2, 0.25) is 0 Å². The summed E-state index contributed by atoms with van der Waals surface area (Å²) in [5.41, 5.74) is 4.39. The summed E-state index contributed by atoms with van der Waals surface area (Å²) >= 11 is 0. The number of fused-ring (bicyclic) bond motifs is 1. The number of benzene rings is 1. The maximum atomic E-state index is 12.1. The van der Waals surface area contributed by atoms with Crippen molar-refractivity contribution in [3.63, 3.8) is 0 Å². The molecule has 0 saturated carbocycles. The highest BCUT2D eigenvalue weighted by atomic mass is 16.5. The lowest BCUT2D eigenvalue weighted by Gasteiger charge is -2.17. The highest BCUT2D eigenvalue weighted by Gasteiger charge is 2.33.